The zero-order valence-electron chi connectivity index (χ0n) is 15.9. The first-order chi connectivity index (χ1) is 11.8. The Balaban J connectivity index is 2.47. The highest BCUT2D eigenvalue weighted by atomic mass is 16.2. The van der Waals surface area contributed by atoms with Crippen LogP contribution in [0.1, 0.15) is 49.3 Å². The SMILES string of the molecule is CC[C@@H](C)n1ncc2c(C(=O)N(CC)CC(=O)N(C)C)cc(C)nc21. The van der Waals surface area contributed by atoms with E-state index < -0.39 is 0 Å². The fourth-order valence-corrected chi connectivity index (χ4v) is 2.62. The number of amides is 2. The van der Waals surface area contributed by atoms with Crippen LogP contribution < -0.4 is 0 Å². The first kappa shape index (κ1) is 18.9. The lowest BCUT2D eigenvalue weighted by molar-refractivity contribution is -0.129. The molecule has 0 spiro atoms. The minimum absolute atomic E-state index is 0.0602. The summed E-state index contributed by atoms with van der Waals surface area (Å²) in [6.45, 7) is 8.42. The Morgan fingerprint density at radius 1 is 1.28 bits per heavy atom. The van der Waals surface area contributed by atoms with E-state index in [9.17, 15) is 9.59 Å². The standard InChI is InChI=1S/C18H27N5O2/c1-7-13(4)23-17-15(10-19-23)14(9-12(3)20-17)18(25)22(8-2)11-16(24)21(5)6/h9-10,13H,7-8,11H2,1-6H3/t13-/m1/s1. The van der Waals surface area contributed by atoms with Crippen LogP contribution in [0.4, 0.5) is 0 Å². The van der Waals surface area contributed by atoms with Crippen molar-refractivity contribution >= 4 is 22.8 Å². The molecule has 2 amide bonds. The fraction of sp³-hybridized carbons (Fsp3) is 0.556. The average Bonchev–Trinajstić information content (AvgIpc) is 3.00. The lowest BCUT2D eigenvalue weighted by Gasteiger charge is -2.22. The molecule has 0 radical (unpaired) electrons. The molecule has 7 nitrogen and oxygen atoms in total. The maximum Gasteiger partial charge on any atom is 0.255 e. The van der Waals surface area contributed by atoms with Crippen LogP contribution >= 0.6 is 0 Å². The average molecular weight is 345 g/mol. The molecule has 0 aliphatic heterocycles. The van der Waals surface area contributed by atoms with E-state index in [0.717, 1.165) is 17.5 Å². The molecule has 2 aromatic rings. The number of carbonyl (C=O) groups is 2. The molecule has 0 bridgehead atoms. The minimum Gasteiger partial charge on any atom is -0.347 e. The van der Waals surface area contributed by atoms with Gasteiger partial charge < -0.3 is 9.80 Å². The van der Waals surface area contributed by atoms with Crippen molar-refractivity contribution in [3.05, 3.63) is 23.5 Å². The lowest BCUT2D eigenvalue weighted by atomic mass is 10.1. The minimum atomic E-state index is -0.170. The summed E-state index contributed by atoms with van der Waals surface area (Å²) in [5, 5.41) is 5.16. The Hall–Kier alpha value is -2.44. The third-order valence-corrected chi connectivity index (χ3v) is 4.43. The van der Waals surface area contributed by atoms with Gasteiger partial charge in [0.2, 0.25) is 5.91 Å². The fourth-order valence-electron chi connectivity index (χ4n) is 2.62. The normalized spacial score (nSPS) is 12.2. The number of likely N-dealkylation sites (N-methyl/N-ethyl adjacent to an activating group) is 2. The molecule has 136 valence electrons. The maximum absolute atomic E-state index is 13.0. The van der Waals surface area contributed by atoms with E-state index in [2.05, 4.69) is 23.9 Å². The molecule has 0 N–H and O–H groups in total. The van der Waals surface area contributed by atoms with Gasteiger partial charge >= 0.3 is 0 Å². The van der Waals surface area contributed by atoms with Crippen molar-refractivity contribution < 1.29 is 9.59 Å². The molecule has 0 aliphatic carbocycles. The molecule has 25 heavy (non-hydrogen) atoms. The van der Waals surface area contributed by atoms with Crippen LogP contribution in [-0.4, -0.2) is 63.6 Å². The third kappa shape index (κ3) is 3.81. The highest BCUT2D eigenvalue weighted by Crippen LogP contribution is 2.23. The van der Waals surface area contributed by atoms with Gasteiger partial charge in [0.1, 0.15) is 0 Å². The smallest absolute Gasteiger partial charge is 0.255 e. The monoisotopic (exact) mass is 345 g/mol. The zero-order chi connectivity index (χ0) is 18.7. The Morgan fingerprint density at radius 2 is 1.96 bits per heavy atom. The molecular weight excluding hydrogens is 318 g/mol. The summed E-state index contributed by atoms with van der Waals surface area (Å²) < 4.78 is 1.86. The summed E-state index contributed by atoms with van der Waals surface area (Å²) in [4.78, 5) is 32.7. The van der Waals surface area contributed by atoms with Gasteiger partial charge in [0.25, 0.3) is 5.91 Å². The van der Waals surface area contributed by atoms with E-state index in [1.807, 2.05) is 18.5 Å². The number of nitrogens with zero attached hydrogens (tertiary/aromatic N) is 5. The van der Waals surface area contributed by atoms with Crippen LogP contribution in [0.3, 0.4) is 0 Å². The van der Waals surface area contributed by atoms with Crippen molar-refractivity contribution in [3.63, 3.8) is 0 Å². The van der Waals surface area contributed by atoms with E-state index in [1.54, 1.807) is 31.3 Å². The number of aryl methyl sites for hydroxylation is 1. The van der Waals surface area contributed by atoms with E-state index in [-0.39, 0.29) is 24.4 Å². The van der Waals surface area contributed by atoms with E-state index >= 15 is 0 Å². The molecule has 1 atom stereocenters. The van der Waals surface area contributed by atoms with Crippen molar-refractivity contribution in [2.24, 2.45) is 0 Å². The second-order valence-electron chi connectivity index (χ2n) is 6.50. The number of carbonyl (C=O) groups excluding carboxylic acids is 2. The number of rotatable bonds is 6. The van der Waals surface area contributed by atoms with Crippen molar-refractivity contribution in [1.29, 1.82) is 0 Å². The molecule has 0 aromatic carbocycles. The maximum atomic E-state index is 13.0. The molecule has 2 rings (SSSR count). The van der Waals surface area contributed by atoms with Gasteiger partial charge in [0.15, 0.2) is 5.65 Å². The molecular formula is C18H27N5O2. The number of hydrogen-bond acceptors (Lipinski definition) is 4. The van der Waals surface area contributed by atoms with Gasteiger partial charge in [-0.1, -0.05) is 6.92 Å². The van der Waals surface area contributed by atoms with Crippen LogP contribution in [0.25, 0.3) is 11.0 Å². The van der Waals surface area contributed by atoms with Gasteiger partial charge in [0, 0.05) is 26.3 Å². The van der Waals surface area contributed by atoms with Crippen LogP contribution in [-0.2, 0) is 4.79 Å². The zero-order valence-corrected chi connectivity index (χ0v) is 15.9. The third-order valence-electron chi connectivity index (χ3n) is 4.43. The number of aromatic nitrogens is 3. The summed E-state index contributed by atoms with van der Waals surface area (Å²) >= 11 is 0. The Morgan fingerprint density at radius 3 is 2.52 bits per heavy atom. The number of fused-ring (bicyclic) bond motifs is 1. The first-order valence-corrected chi connectivity index (χ1v) is 8.64. The van der Waals surface area contributed by atoms with Crippen molar-refractivity contribution in [3.8, 4) is 0 Å². The molecule has 0 unspecified atom stereocenters. The van der Waals surface area contributed by atoms with Crippen molar-refractivity contribution in [2.75, 3.05) is 27.2 Å². The Labute approximate surface area is 148 Å². The van der Waals surface area contributed by atoms with E-state index in [0.29, 0.717) is 17.8 Å². The van der Waals surface area contributed by atoms with E-state index in [1.165, 1.54) is 4.90 Å². The summed E-state index contributed by atoms with van der Waals surface area (Å²) in [5.74, 6) is -0.274. The predicted molar refractivity (Wildman–Crippen MR) is 97.5 cm³/mol. The molecule has 0 saturated carbocycles. The van der Waals surface area contributed by atoms with Crippen LogP contribution in [0.15, 0.2) is 12.3 Å². The molecule has 0 aliphatic rings. The van der Waals surface area contributed by atoms with Gasteiger partial charge in [-0.3, -0.25) is 9.59 Å². The summed E-state index contributed by atoms with van der Waals surface area (Å²) in [7, 11) is 3.37. The predicted octanol–water partition coefficient (Wildman–Crippen LogP) is 2.26. The van der Waals surface area contributed by atoms with Gasteiger partial charge in [-0.25, -0.2) is 9.67 Å². The van der Waals surface area contributed by atoms with Crippen molar-refractivity contribution in [2.45, 2.75) is 40.2 Å². The molecule has 7 heteroatoms. The van der Waals surface area contributed by atoms with Gasteiger partial charge in [0.05, 0.1) is 29.7 Å². The topological polar surface area (TPSA) is 71.3 Å². The summed E-state index contributed by atoms with van der Waals surface area (Å²) in [6.07, 6.45) is 2.62. The Bertz CT molecular complexity index is 781. The van der Waals surface area contributed by atoms with Gasteiger partial charge in [-0.2, -0.15) is 5.10 Å². The quantitative estimate of drug-likeness (QED) is 0.805. The van der Waals surface area contributed by atoms with Crippen LogP contribution in [0.5, 0.6) is 0 Å². The molecule has 2 aromatic heterocycles. The van der Waals surface area contributed by atoms with Crippen LogP contribution in [0.2, 0.25) is 0 Å². The lowest BCUT2D eigenvalue weighted by Crippen LogP contribution is -2.40. The van der Waals surface area contributed by atoms with Gasteiger partial charge in [-0.15, -0.1) is 0 Å². The highest BCUT2D eigenvalue weighted by Gasteiger charge is 2.23. The van der Waals surface area contributed by atoms with Crippen molar-refractivity contribution in [1.82, 2.24) is 24.6 Å². The highest BCUT2D eigenvalue weighted by molar-refractivity contribution is 6.06. The number of hydrogen-bond donors (Lipinski definition) is 0. The number of pyridine rings is 1. The molecule has 2 heterocycles. The largest absolute Gasteiger partial charge is 0.347 e. The van der Waals surface area contributed by atoms with E-state index in [4.69, 9.17) is 0 Å². The first-order valence-electron chi connectivity index (χ1n) is 8.64. The molecule has 0 fully saturated rings. The van der Waals surface area contributed by atoms with Crippen LogP contribution in [0, 0.1) is 6.92 Å². The summed E-state index contributed by atoms with van der Waals surface area (Å²) in [6, 6.07) is 1.98. The molecule has 0 saturated heterocycles. The second-order valence-corrected chi connectivity index (χ2v) is 6.50. The summed E-state index contributed by atoms with van der Waals surface area (Å²) in [5.41, 5.74) is 2.02. The Kier molecular flexibility index (Phi) is 5.77. The second kappa shape index (κ2) is 7.63. The van der Waals surface area contributed by atoms with Gasteiger partial charge in [-0.05, 0) is 33.3 Å².